The molecule has 6 atom stereocenters. The van der Waals surface area contributed by atoms with E-state index in [2.05, 4.69) is 85.0 Å². The lowest BCUT2D eigenvalue weighted by Gasteiger charge is -2.38. The van der Waals surface area contributed by atoms with E-state index in [0.29, 0.717) is 18.4 Å². The molecule has 5 nitrogen and oxygen atoms in total. The van der Waals surface area contributed by atoms with Crippen LogP contribution in [0.5, 0.6) is 5.75 Å². The first-order valence-corrected chi connectivity index (χ1v) is 19.5. The van der Waals surface area contributed by atoms with Gasteiger partial charge in [0.05, 0.1) is 19.8 Å². The van der Waals surface area contributed by atoms with Gasteiger partial charge < -0.3 is 23.7 Å². The lowest BCUT2D eigenvalue weighted by Crippen LogP contribution is -2.45. The van der Waals surface area contributed by atoms with Crippen LogP contribution in [0.4, 0.5) is 0 Å². The molecular weight excluding hydrogens is 573 g/mol. The van der Waals surface area contributed by atoms with E-state index in [4.69, 9.17) is 18.6 Å². The van der Waals surface area contributed by atoms with Crippen LogP contribution in [-0.2, 0) is 20.5 Å². The summed E-state index contributed by atoms with van der Waals surface area (Å²) >= 11 is 1.83. The van der Waals surface area contributed by atoms with Gasteiger partial charge in [0, 0.05) is 24.4 Å². The number of aliphatic hydroxyl groups is 1. The van der Waals surface area contributed by atoms with Gasteiger partial charge in [-0.15, -0.1) is 11.8 Å². The maximum Gasteiger partial charge on any atom is 0.191 e. The Bertz CT molecular complexity index is 1080. The summed E-state index contributed by atoms with van der Waals surface area (Å²) in [6.07, 6.45) is 1.48. The summed E-state index contributed by atoms with van der Waals surface area (Å²) in [5, 5.41) is 11.8. The number of benzene rings is 2. The smallest absolute Gasteiger partial charge is 0.191 e. The third kappa shape index (κ3) is 12.4. The van der Waals surface area contributed by atoms with Gasteiger partial charge in [-0.3, -0.25) is 0 Å². The fourth-order valence-corrected chi connectivity index (χ4v) is 6.98. The zero-order valence-electron chi connectivity index (χ0n) is 28.6. The third-order valence-electron chi connectivity index (χ3n) is 8.65. The summed E-state index contributed by atoms with van der Waals surface area (Å²) in [6, 6.07) is 18.4. The Morgan fingerprint density at radius 1 is 0.953 bits per heavy atom. The van der Waals surface area contributed by atoms with Gasteiger partial charge >= 0.3 is 0 Å². The molecule has 43 heavy (non-hydrogen) atoms. The van der Waals surface area contributed by atoms with Crippen molar-refractivity contribution in [1.29, 1.82) is 0 Å². The number of allylic oxidation sites excluding steroid dienone is 1. The molecule has 0 amide bonds. The Morgan fingerprint density at radius 2 is 1.58 bits per heavy atom. The molecule has 0 heterocycles. The molecule has 0 saturated carbocycles. The first-order valence-electron chi connectivity index (χ1n) is 15.6. The number of rotatable bonds is 18. The van der Waals surface area contributed by atoms with Crippen LogP contribution < -0.4 is 4.74 Å². The molecule has 0 radical (unpaired) electrons. The quantitative estimate of drug-likeness (QED) is 0.101. The Labute approximate surface area is 267 Å². The predicted molar refractivity (Wildman–Crippen MR) is 185 cm³/mol. The summed E-state index contributed by atoms with van der Waals surface area (Å²) in [5.41, 5.74) is 1.96. The van der Waals surface area contributed by atoms with Crippen molar-refractivity contribution in [2.75, 3.05) is 26.6 Å². The highest BCUT2D eigenvalue weighted by atomic mass is 32.2. The van der Waals surface area contributed by atoms with Gasteiger partial charge in [-0.05, 0) is 84.6 Å². The minimum absolute atomic E-state index is 0.134. The molecule has 2 aromatic rings. The molecule has 0 aliphatic heterocycles. The van der Waals surface area contributed by atoms with Crippen LogP contribution in [0.15, 0.2) is 71.1 Å². The number of hydrogen-bond donors (Lipinski definition) is 1. The van der Waals surface area contributed by atoms with E-state index in [9.17, 15) is 5.11 Å². The molecule has 0 saturated heterocycles. The minimum atomic E-state index is -1.83. The normalized spacial score (nSPS) is 17.2. The average molecular weight is 631 g/mol. The molecule has 1 N–H and O–H groups in total. The van der Waals surface area contributed by atoms with Crippen molar-refractivity contribution in [2.45, 2.75) is 103 Å². The van der Waals surface area contributed by atoms with Crippen molar-refractivity contribution in [3.8, 4) is 5.75 Å². The second kappa shape index (κ2) is 17.8. The van der Waals surface area contributed by atoms with Crippen LogP contribution in [-0.4, -0.2) is 58.3 Å². The highest BCUT2D eigenvalue weighted by Crippen LogP contribution is 2.37. The summed E-state index contributed by atoms with van der Waals surface area (Å²) in [5.74, 6) is 2.52. The van der Waals surface area contributed by atoms with Crippen LogP contribution in [0.25, 0.3) is 0 Å². The molecular formula is C36H58O5SSi. The number of ether oxygens (including phenoxy) is 3. The zero-order chi connectivity index (χ0) is 32.2. The van der Waals surface area contributed by atoms with Gasteiger partial charge in [-0.1, -0.05) is 78.0 Å². The molecule has 0 unspecified atom stereocenters. The standard InChI is InChI=1S/C36H58O5SSi/c1-26(23-41-43(10,11)36(5,6)7)21-29(4)34(40-24-30-17-19-31(38-8)20-18-30)35(39-9)33(37)28(3)22-27(2)25-42-32-15-13-12-14-16-32/h12-20,22,26-27,29,33-35,37H,21,23-25H2,1-11H3/b28-22+/t26-,27+,29+,33+,34+,35+/m0/s1. The molecule has 0 bridgehead atoms. The fourth-order valence-electron chi connectivity index (χ4n) is 4.94. The van der Waals surface area contributed by atoms with Gasteiger partial charge in [0.1, 0.15) is 18.0 Å². The maximum absolute atomic E-state index is 11.6. The van der Waals surface area contributed by atoms with Crippen molar-refractivity contribution in [1.82, 2.24) is 0 Å². The van der Waals surface area contributed by atoms with Crippen molar-refractivity contribution in [3.05, 3.63) is 71.8 Å². The SMILES string of the molecule is COc1ccc(CO[C@@H]([C@H](OC)[C@H](O)/C(C)=C/[C@@H](C)CSc2ccccc2)[C@H](C)C[C@H](C)CO[Si](C)(C)C(C)(C)C)cc1. The Morgan fingerprint density at radius 3 is 2.14 bits per heavy atom. The Kier molecular flexibility index (Phi) is 15.5. The lowest BCUT2D eigenvalue weighted by atomic mass is 9.86. The second-order valence-corrected chi connectivity index (χ2v) is 19.6. The van der Waals surface area contributed by atoms with Crippen molar-refractivity contribution >= 4 is 20.1 Å². The van der Waals surface area contributed by atoms with Gasteiger partial charge in [-0.25, -0.2) is 0 Å². The first-order chi connectivity index (χ1) is 20.2. The molecule has 242 valence electrons. The second-order valence-electron chi connectivity index (χ2n) is 13.7. The Hall–Kier alpha value is -1.61. The highest BCUT2D eigenvalue weighted by molar-refractivity contribution is 7.99. The van der Waals surface area contributed by atoms with Crippen LogP contribution >= 0.6 is 11.8 Å². The molecule has 0 aromatic heterocycles. The van der Waals surface area contributed by atoms with E-state index in [1.54, 1.807) is 14.2 Å². The molecule has 2 rings (SSSR count). The van der Waals surface area contributed by atoms with Crippen LogP contribution in [0.2, 0.25) is 18.1 Å². The van der Waals surface area contributed by atoms with Crippen LogP contribution in [0.1, 0.15) is 60.5 Å². The van der Waals surface area contributed by atoms with E-state index in [1.807, 2.05) is 49.0 Å². The number of aliphatic hydroxyl groups excluding tert-OH is 1. The van der Waals surface area contributed by atoms with Crippen molar-refractivity contribution in [2.24, 2.45) is 17.8 Å². The van der Waals surface area contributed by atoms with Gasteiger partial charge in [0.2, 0.25) is 0 Å². The number of methoxy groups -OCH3 is 2. The monoisotopic (exact) mass is 630 g/mol. The molecule has 0 aliphatic rings. The van der Waals surface area contributed by atoms with E-state index in [-0.39, 0.29) is 17.1 Å². The summed E-state index contributed by atoms with van der Waals surface area (Å²) in [6.45, 7) is 21.2. The van der Waals surface area contributed by atoms with Crippen LogP contribution in [0.3, 0.4) is 0 Å². The third-order valence-corrected chi connectivity index (χ3v) is 14.4. The van der Waals surface area contributed by atoms with Gasteiger partial charge in [0.15, 0.2) is 8.32 Å². The summed E-state index contributed by atoms with van der Waals surface area (Å²) in [4.78, 5) is 1.25. The summed E-state index contributed by atoms with van der Waals surface area (Å²) < 4.78 is 24.5. The minimum Gasteiger partial charge on any atom is -0.497 e. The van der Waals surface area contributed by atoms with E-state index < -0.39 is 20.5 Å². The summed E-state index contributed by atoms with van der Waals surface area (Å²) in [7, 11) is 1.51. The molecule has 0 spiro atoms. The first kappa shape index (κ1) is 37.6. The largest absolute Gasteiger partial charge is 0.497 e. The van der Waals surface area contributed by atoms with Gasteiger partial charge in [-0.2, -0.15) is 0 Å². The van der Waals surface area contributed by atoms with E-state index in [0.717, 1.165) is 35.7 Å². The van der Waals surface area contributed by atoms with E-state index in [1.165, 1.54) is 4.90 Å². The molecule has 2 aromatic carbocycles. The number of thioether (sulfide) groups is 1. The van der Waals surface area contributed by atoms with Crippen molar-refractivity contribution in [3.63, 3.8) is 0 Å². The molecule has 0 aliphatic carbocycles. The molecule has 0 fully saturated rings. The average Bonchev–Trinajstić information content (AvgIpc) is 2.97. The topological polar surface area (TPSA) is 57.2 Å². The predicted octanol–water partition coefficient (Wildman–Crippen LogP) is 9.02. The lowest BCUT2D eigenvalue weighted by molar-refractivity contribution is -0.125. The maximum atomic E-state index is 11.6. The molecule has 7 heteroatoms. The Balaban J connectivity index is 2.18. The van der Waals surface area contributed by atoms with E-state index >= 15 is 0 Å². The fraction of sp³-hybridized carbons (Fsp3) is 0.611. The van der Waals surface area contributed by atoms with Gasteiger partial charge in [0.25, 0.3) is 0 Å². The van der Waals surface area contributed by atoms with Crippen molar-refractivity contribution < 1.29 is 23.7 Å². The highest BCUT2D eigenvalue weighted by Gasteiger charge is 2.38. The number of hydrogen-bond acceptors (Lipinski definition) is 6. The zero-order valence-corrected chi connectivity index (χ0v) is 30.4. The van der Waals surface area contributed by atoms with Crippen LogP contribution in [0, 0.1) is 17.8 Å².